The van der Waals surface area contributed by atoms with Crippen LogP contribution in [0.5, 0.6) is 0 Å². The molecule has 0 spiro atoms. The van der Waals surface area contributed by atoms with Gasteiger partial charge in [-0.15, -0.1) is 0 Å². The molecular weight excluding hydrogens is 256 g/mol. The first-order chi connectivity index (χ1) is 9.54. The highest BCUT2D eigenvalue weighted by Crippen LogP contribution is 2.25. The summed E-state index contributed by atoms with van der Waals surface area (Å²) < 4.78 is 0. The van der Waals surface area contributed by atoms with Crippen LogP contribution in [0.25, 0.3) is 0 Å². The predicted octanol–water partition coefficient (Wildman–Crippen LogP) is 2.51. The third kappa shape index (κ3) is 4.39. The Kier molecular flexibility index (Phi) is 5.26. The maximum absolute atomic E-state index is 12.0. The van der Waals surface area contributed by atoms with Gasteiger partial charge in [-0.25, -0.2) is 4.79 Å². The molecule has 0 aliphatic heterocycles. The van der Waals surface area contributed by atoms with Gasteiger partial charge in [0.25, 0.3) is 0 Å². The number of carboxylic acids is 1. The van der Waals surface area contributed by atoms with E-state index in [4.69, 9.17) is 5.11 Å². The molecule has 5 heteroatoms. The monoisotopic (exact) mass is 282 g/mol. The predicted molar refractivity (Wildman–Crippen MR) is 76.5 cm³/mol. The second-order valence-corrected chi connectivity index (χ2v) is 6.47. The third-order valence-corrected chi connectivity index (χ3v) is 4.68. The van der Waals surface area contributed by atoms with Crippen LogP contribution in [-0.4, -0.2) is 29.2 Å². The molecule has 2 saturated carbocycles. The molecule has 0 bridgehead atoms. The van der Waals surface area contributed by atoms with E-state index in [0.717, 1.165) is 25.7 Å². The minimum absolute atomic E-state index is 0.0807. The Morgan fingerprint density at radius 2 is 1.60 bits per heavy atom. The number of nitrogens with one attached hydrogen (secondary N) is 2. The van der Waals surface area contributed by atoms with Crippen molar-refractivity contribution < 1.29 is 14.7 Å². The Morgan fingerprint density at radius 1 is 0.950 bits per heavy atom. The Bertz CT molecular complexity index is 351. The smallest absolute Gasteiger partial charge is 0.315 e. The Labute approximate surface area is 120 Å². The van der Waals surface area contributed by atoms with Gasteiger partial charge in [0.15, 0.2) is 0 Å². The molecule has 2 rings (SSSR count). The summed E-state index contributed by atoms with van der Waals surface area (Å²) in [5, 5.41) is 15.0. The van der Waals surface area contributed by atoms with E-state index >= 15 is 0 Å². The molecule has 2 aliphatic rings. The van der Waals surface area contributed by atoms with Crippen molar-refractivity contribution in [2.45, 2.75) is 70.4 Å². The van der Waals surface area contributed by atoms with E-state index in [1.165, 1.54) is 12.8 Å². The van der Waals surface area contributed by atoms with E-state index in [0.29, 0.717) is 24.8 Å². The van der Waals surface area contributed by atoms with Crippen LogP contribution in [0.3, 0.4) is 0 Å². The van der Waals surface area contributed by atoms with Gasteiger partial charge < -0.3 is 15.7 Å². The third-order valence-electron chi connectivity index (χ3n) is 4.68. The molecule has 0 heterocycles. The number of amides is 2. The van der Waals surface area contributed by atoms with Crippen molar-refractivity contribution in [3.8, 4) is 0 Å². The van der Waals surface area contributed by atoms with Crippen LogP contribution in [0, 0.1) is 11.8 Å². The average Bonchev–Trinajstić information content (AvgIpc) is 2.39. The first-order valence-electron chi connectivity index (χ1n) is 7.84. The van der Waals surface area contributed by atoms with Crippen LogP contribution in [0.1, 0.15) is 58.3 Å². The summed E-state index contributed by atoms with van der Waals surface area (Å²) in [5.41, 5.74) is 0. The Hall–Kier alpha value is -1.26. The van der Waals surface area contributed by atoms with E-state index in [1.54, 1.807) is 0 Å². The Balaban J connectivity index is 1.68. The highest BCUT2D eigenvalue weighted by atomic mass is 16.4. The summed E-state index contributed by atoms with van der Waals surface area (Å²) in [6.45, 7) is 2.24. The SMILES string of the molecule is CC1CCCC(NC(=O)NC2CCC(C(=O)O)CC2)C1. The number of carboxylic acid groups (broad SMARTS) is 1. The number of urea groups is 1. The number of hydrogen-bond acceptors (Lipinski definition) is 2. The second kappa shape index (κ2) is 6.95. The van der Waals surface area contributed by atoms with Crippen molar-refractivity contribution in [3.05, 3.63) is 0 Å². The Morgan fingerprint density at radius 3 is 2.20 bits per heavy atom. The summed E-state index contributed by atoms with van der Waals surface area (Å²) >= 11 is 0. The van der Waals surface area contributed by atoms with Crippen molar-refractivity contribution >= 4 is 12.0 Å². The lowest BCUT2D eigenvalue weighted by atomic mass is 9.86. The zero-order chi connectivity index (χ0) is 14.5. The summed E-state index contributed by atoms with van der Waals surface area (Å²) in [4.78, 5) is 22.8. The van der Waals surface area contributed by atoms with Gasteiger partial charge in [-0.3, -0.25) is 4.79 Å². The topological polar surface area (TPSA) is 78.4 Å². The van der Waals surface area contributed by atoms with Crippen LogP contribution in [0.15, 0.2) is 0 Å². The van der Waals surface area contributed by atoms with Gasteiger partial charge in [0.2, 0.25) is 0 Å². The molecule has 0 saturated heterocycles. The minimum Gasteiger partial charge on any atom is -0.481 e. The van der Waals surface area contributed by atoms with Gasteiger partial charge in [0.05, 0.1) is 5.92 Å². The number of hydrogen-bond donors (Lipinski definition) is 3. The lowest BCUT2D eigenvalue weighted by Crippen LogP contribution is -2.48. The number of rotatable bonds is 3. The van der Waals surface area contributed by atoms with Gasteiger partial charge in [-0.1, -0.05) is 19.8 Å². The van der Waals surface area contributed by atoms with Crippen molar-refractivity contribution in [3.63, 3.8) is 0 Å². The van der Waals surface area contributed by atoms with Crippen molar-refractivity contribution in [1.82, 2.24) is 10.6 Å². The molecule has 114 valence electrons. The number of carbonyl (C=O) groups excluding carboxylic acids is 1. The fourth-order valence-electron chi connectivity index (χ4n) is 3.46. The molecule has 3 N–H and O–H groups in total. The maximum Gasteiger partial charge on any atom is 0.315 e. The van der Waals surface area contributed by atoms with Crippen molar-refractivity contribution in [2.24, 2.45) is 11.8 Å². The molecule has 0 aromatic rings. The maximum atomic E-state index is 12.0. The van der Waals surface area contributed by atoms with Gasteiger partial charge in [-0.05, 0) is 44.4 Å². The van der Waals surface area contributed by atoms with E-state index < -0.39 is 5.97 Å². The van der Waals surface area contributed by atoms with Crippen LogP contribution in [0.2, 0.25) is 0 Å². The average molecular weight is 282 g/mol. The first kappa shape index (κ1) is 15.1. The number of aliphatic carboxylic acids is 1. The van der Waals surface area contributed by atoms with Crippen LogP contribution in [-0.2, 0) is 4.79 Å². The molecule has 2 amide bonds. The molecule has 2 unspecified atom stereocenters. The normalized spacial score (nSPS) is 34.2. The van der Waals surface area contributed by atoms with Gasteiger partial charge in [-0.2, -0.15) is 0 Å². The molecule has 2 fully saturated rings. The summed E-state index contributed by atoms with van der Waals surface area (Å²) in [6, 6.07) is 0.351. The van der Waals surface area contributed by atoms with E-state index in [-0.39, 0.29) is 18.0 Å². The quantitative estimate of drug-likeness (QED) is 0.744. The fraction of sp³-hybridized carbons (Fsp3) is 0.867. The largest absolute Gasteiger partial charge is 0.481 e. The standard InChI is InChI=1S/C15H26N2O3/c1-10-3-2-4-13(9-10)17-15(20)16-12-7-5-11(6-8-12)14(18)19/h10-13H,2-9H2,1H3,(H,18,19)(H2,16,17,20). The molecule has 20 heavy (non-hydrogen) atoms. The molecular formula is C15H26N2O3. The van der Waals surface area contributed by atoms with Crippen LogP contribution in [0.4, 0.5) is 4.79 Å². The lowest BCUT2D eigenvalue weighted by molar-refractivity contribution is -0.142. The first-order valence-corrected chi connectivity index (χ1v) is 7.84. The molecule has 0 aromatic carbocycles. The molecule has 2 atom stereocenters. The second-order valence-electron chi connectivity index (χ2n) is 6.47. The fourth-order valence-corrected chi connectivity index (χ4v) is 3.46. The molecule has 0 aromatic heterocycles. The molecule has 5 nitrogen and oxygen atoms in total. The van der Waals surface area contributed by atoms with Gasteiger partial charge >= 0.3 is 12.0 Å². The zero-order valence-electron chi connectivity index (χ0n) is 12.2. The lowest BCUT2D eigenvalue weighted by Gasteiger charge is -2.30. The summed E-state index contributed by atoms with van der Waals surface area (Å²) in [5.74, 6) is -0.237. The van der Waals surface area contributed by atoms with Gasteiger partial charge in [0, 0.05) is 12.1 Å². The summed E-state index contributed by atoms with van der Waals surface area (Å²) in [7, 11) is 0. The van der Waals surface area contributed by atoms with Crippen LogP contribution >= 0.6 is 0 Å². The molecule has 0 radical (unpaired) electrons. The van der Waals surface area contributed by atoms with Crippen molar-refractivity contribution in [1.29, 1.82) is 0 Å². The highest BCUT2D eigenvalue weighted by Gasteiger charge is 2.27. The van der Waals surface area contributed by atoms with Crippen LogP contribution < -0.4 is 10.6 Å². The van der Waals surface area contributed by atoms with Crippen molar-refractivity contribution in [2.75, 3.05) is 0 Å². The van der Waals surface area contributed by atoms with E-state index in [9.17, 15) is 9.59 Å². The minimum atomic E-state index is -0.705. The van der Waals surface area contributed by atoms with E-state index in [1.807, 2.05) is 0 Å². The number of carbonyl (C=O) groups is 2. The van der Waals surface area contributed by atoms with E-state index in [2.05, 4.69) is 17.6 Å². The van der Waals surface area contributed by atoms with Gasteiger partial charge in [0.1, 0.15) is 0 Å². The zero-order valence-corrected chi connectivity index (χ0v) is 12.2. The highest BCUT2D eigenvalue weighted by molar-refractivity contribution is 5.74. The molecule has 2 aliphatic carbocycles. The summed E-state index contributed by atoms with van der Waals surface area (Å²) in [6.07, 6.45) is 7.47.